The molecule has 1 rings (SSSR count). The molecular weight excluding hydrogens is 282 g/mol. The standard InChI is InChI=1S/C12H19N3O4S/c1-8-5-10(15(16)17)6-11(9(8)2)20(18,19)14-12(3,4)7-13/h5-6,14H,7,13H2,1-4H3. The van der Waals surface area contributed by atoms with Crippen molar-refractivity contribution in [3.8, 4) is 0 Å². The maximum atomic E-state index is 12.4. The third kappa shape index (κ3) is 3.53. The second kappa shape index (κ2) is 5.47. The highest BCUT2D eigenvalue weighted by molar-refractivity contribution is 7.89. The summed E-state index contributed by atoms with van der Waals surface area (Å²) < 4.78 is 27.2. The number of rotatable bonds is 5. The smallest absolute Gasteiger partial charge is 0.271 e. The third-order valence-corrected chi connectivity index (χ3v) is 4.85. The van der Waals surface area contributed by atoms with Gasteiger partial charge < -0.3 is 5.73 Å². The topological polar surface area (TPSA) is 115 Å². The summed E-state index contributed by atoms with van der Waals surface area (Å²) in [5, 5.41) is 10.9. The van der Waals surface area contributed by atoms with E-state index in [2.05, 4.69) is 4.72 Å². The summed E-state index contributed by atoms with van der Waals surface area (Å²) in [6.07, 6.45) is 0. The summed E-state index contributed by atoms with van der Waals surface area (Å²) in [6, 6.07) is 2.42. The Labute approximate surface area is 118 Å². The van der Waals surface area contributed by atoms with Crippen molar-refractivity contribution in [3.63, 3.8) is 0 Å². The average Bonchev–Trinajstić information content (AvgIpc) is 2.30. The van der Waals surface area contributed by atoms with Gasteiger partial charge in [-0.05, 0) is 38.8 Å². The van der Waals surface area contributed by atoms with Crippen LogP contribution in [0.15, 0.2) is 17.0 Å². The van der Waals surface area contributed by atoms with Gasteiger partial charge in [0.05, 0.1) is 9.82 Å². The van der Waals surface area contributed by atoms with Crippen LogP contribution >= 0.6 is 0 Å². The lowest BCUT2D eigenvalue weighted by Gasteiger charge is -2.24. The predicted octanol–water partition coefficient (Wildman–Crippen LogP) is 1.23. The number of hydrogen-bond donors (Lipinski definition) is 2. The fourth-order valence-corrected chi connectivity index (χ4v) is 3.41. The summed E-state index contributed by atoms with van der Waals surface area (Å²) in [5.41, 5.74) is 5.45. The van der Waals surface area contributed by atoms with E-state index in [1.165, 1.54) is 6.07 Å². The first-order chi connectivity index (χ1) is 9.00. The number of aryl methyl sites for hydroxylation is 1. The van der Waals surface area contributed by atoms with Gasteiger partial charge >= 0.3 is 0 Å². The molecule has 3 N–H and O–H groups in total. The summed E-state index contributed by atoms with van der Waals surface area (Å²) in [4.78, 5) is 10.2. The van der Waals surface area contributed by atoms with Gasteiger partial charge in [0, 0.05) is 24.2 Å². The quantitative estimate of drug-likeness (QED) is 0.627. The first-order valence-corrected chi connectivity index (χ1v) is 7.48. The van der Waals surface area contributed by atoms with Gasteiger partial charge in [0.2, 0.25) is 10.0 Å². The molecule has 0 saturated heterocycles. The maximum absolute atomic E-state index is 12.4. The van der Waals surface area contributed by atoms with Crippen LogP contribution in [0.5, 0.6) is 0 Å². The Morgan fingerprint density at radius 3 is 2.35 bits per heavy atom. The lowest BCUT2D eigenvalue weighted by atomic mass is 10.1. The lowest BCUT2D eigenvalue weighted by Crippen LogP contribution is -2.48. The molecule has 0 bridgehead atoms. The SMILES string of the molecule is Cc1cc([N+](=O)[O-])cc(S(=O)(=O)NC(C)(C)CN)c1C. The van der Waals surface area contributed by atoms with Gasteiger partial charge in [0.15, 0.2) is 0 Å². The van der Waals surface area contributed by atoms with Crippen LogP contribution in [-0.2, 0) is 10.0 Å². The molecule has 0 atom stereocenters. The number of benzene rings is 1. The van der Waals surface area contributed by atoms with E-state index in [0.717, 1.165) is 6.07 Å². The van der Waals surface area contributed by atoms with Crippen molar-refractivity contribution in [2.75, 3.05) is 6.54 Å². The van der Waals surface area contributed by atoms with Crippen molar-refractivity contribution in [2.45, 2.75) is 38.1 Å². The second-order valence-corrected chi connectivity index (χ2v) is 6.99. The molecule has 0 unspecified atom stereocenters. The van der Waals surface area contributed by atoms with Crippen molar-refractivity contribution in [2.24, 2.45) is 5.73 Å². The summed E-state index contributed by atoms with van der Waals surface area (Å²) >= 11 is 0. The highest BCUT2D eigenvalue weighted by Gasteiger charge is 2.28. The molecule has 1 aromatic carbocycles. The highest BCUT2D eigenvalue weighted by Crippen LogP contribution is 2.26. The Morgan fingerprint density at radius 1 is 1.35 bits per heavy atom. The Morgan fingerprint density at radius 2 is 1.90 bits per heavy atom. The van der Waals surface area contributed by atoms with E-state index in [9.17, 15) is 18.5 Å². The second-order valence-electron chi connectivity index (χ2n) is 5.34. The number of nitrogens with zero attached hydrogens (tertiary/aromatic N) is 1. The van der Waals surface area contributed by atoms with Crippen molar-refractivity contribution in [1.82, 2.24) is 4.72 Å². The number of nitrogens with two attached hydrogens (primary N) is 1. The summed E-state index contributed by atoms with van der Waals surface area (Å²) in [7, 11) is -3.87. The third-order valence-electron chi connectivity index (χ3n) is 3.03. The van der Waals surface area contributed by atoms with E-state index in [4.69, 9.17) is 5.73 Å². The molecule has 112 valence electrons. The molecule has 0 amide bonds. The zero-order valence-corrected chi connectivity index (χ0v) is 12.7. The van der Waals surface area contributed by atoms with Crippen molar-refractivity contribution in [3.05, 3.63) is 33.4 Å². The first-order valence-electron chi connectivity index (χ1n) is 6.00. The molecule has 0 aliphatic heterocycles. The Bertz CT molecular complexity index is 638. The van der Waals surface area contributed by atoms with E-state index < -0.39 is 20.5 Å². The zero-order valence-electron chi connectivity index (χ0n) is 11.9. The number of sulfonamides is 1. The highest BCUT2D eigenvalue weighted by atomic mass is 32.2. The molecule has 0 aliphatic carbocycles. The van der Waals surface area contributed by atoms with Crippen LogP contribution in [-0.4, -0.2) is 25.4 Å². The van der Waals surface area contributed by atoms with E-state index >= 15 is 0 Å². The Kier molecular flexibility index (Phi) is 4.52. The van der Waals surface area contributed by atoms with Gasteiger partial charge in [0.1, 0.15) is 0 Å². The Hall–Kier alpha value is -1.51. The number of non-ortho nitro benzene ring substituents is 1. The van der Waals surface area contributed by atoms with E-state index in [-0.39, 0.29) is 17.1 Å². The van der Waals surface area contributed by atoms with Crippen LogP contribution in [0.1, 0.15) is 25.0 Å². The molecule has 0 aliphatic rings. The van der Waals surface area contributed by atoms with Gasteiger partial charge in [-0.1, -0.05) is 0 Å². The molecule has 7 nitrogen and oxygen atoms in total. The fraction of sp³-hybridized carbons (Fsp3) is 0.500. The molecule has 0 saturated carbocycles. The van der Waals surface area contributed by atoms with Crippen molar-refractivity contribution in [1.29, 1.82) is 0 Å². The lowest BCUT2D eigenvalue weighted by molar-refractivity contribution is -0.385. The largest absolute Gasteiger partial charge is 0.329 e. The van der Waals surface area contributed by atoms with Gasteiger partial charge in [-0.2, -0.15) is 0 Å². The minimum Gasteiger partial charge on any atom is -0.329 e. The molecule has 0 aromatic heterocycles. The molecular formula is C12H19N3O4S. The maximum Gasteiger partial charge on any atom is 0.271 e. The van der Waals surface area contributed by atoms with Gasteiger partial charge in [-0.15, -0.1) is 0 Å². The van der Waals surface area contributed by atoms with Crippen molar-refractivity contribution >= 4 is 15.7 Å². The molecule has 0 fully saturated rings. The molecule has 1 aromatic rings. The summed E-state index contributed by atoms with van der Waals surface area (Å²) in [6.45, 7) is 6.64. The minimum atomic E-state index is -3.87. The van der Waals surface area contributed by atoms with Gasteiger partial charge in [0.25, 0.3) is 5.69 Å². The van der Waals surface area contributed by atoms with E-state index in [1.54, 1.807) is 27.7 Å². The monoisotopic (exact) mass is 301 g/mol. The average molecular weight is 301 g/mol. The van der Waals surface area contributed by atoms with Crippen LogP contribution < -0.4 is 10.5 Å². The fourth-order valence-electron chi connectivity index (χ4n) is 1.65. The number of nitro groups is 1. The van der Waals surface area contributed by atoms with Crippen LogP contribution in [0.25, 0.3) is 0 Å². The zero-order chi connectivity index (χ0) is 15.7. The molecule has 0 spiro atoms. The number of hydrogen-bond acceptors (Lipinski definition) is 5. The predicted molar refractivity (Wildman–Crippen MR) is 76.0 cm³/mol. The Balaban J connectivity index is 3.42. The molecule has 0 radical (unpaired) electrons. The first kappa shape index (κ1) is 16.5. The van der Waals surface area contributed by atoms with Crippen LogP contribution in [0.4, 0.5) is 5.69 Å². The minimum absolute atomic E-state index is 0.0919. The molecule has 20 heavy (non-hydrogen) atoms. The molecule has 0 heterocycles. The van der Waals surface area contributed by atoms with Crippen LogP contribution in [0.3, 0.4) is 0 Å². The van der Waals surface area contributed by atoms with Crippen LogP contribution in [0.2, 0.25) is 0 Å². The van der Waals surface area contributed by atoms with Gasteiger partial charge in [-0.25, -0.2) is 13.1 Å². The van der Waals surface area contributed by atoms with Crippen LogP contribution in [0, 0.1) is 24.0 Å². The number of nitrogens with one attached hydrogen (secondary N) is 1. The number of nitro benzene ring substituents is 1. The van der Waals surface area contributed by atoms with E-state index in [0.29, 0.717) is 11.1 Å². The van der Waals surface area contributed by atoms with Gasteiger partial charge in [-0.3, -0.25) is 10.1 Å². The van der Waals surface area contributed by atoms with E-state index in [1.807, 2.05) is 0 Å². The normalized spacial score (nSPS) is 12.4. The molecule has 8 heteroatoms. The summed E-state index contributed by atoms with van der Waals surface area (Å²) in [5.74, 6) is 0. The van der Waals surface area contributed by atoms with Crippen molar-refractivity contribution < 1.29 is 13.3 Å².